The minimum atomic E-state index is -1.69. The van der Waals surface area contributed by atoms with Crippen LogP contribution in [0, 0.1) is 27.6 Å². The number of hydrogen-bond acceptors (Lipinski definition) is 7. The number of benzene rings is 2. The zero-order chi connectivity index (χ0) is 21.8. The third-order valence-corrected chi connectivity index (χ3v) is 3.84. The van der Waals surface area contributed by atoms with Gasteiger partial charge in [-0.05, 0) is 12.1 Å². The van der Waals surface area contributed by atoms with E-state index in [1.165, 1.54) is 6.07 Å². The van der Waals surface area contributed by atoms with Gasteiger partial charge in [0.2, 0.25) is 0 Å². The van der Waals surface area contributed by atoms with Crippen LogP contribution in [0.1, 0.15) is 0 Å². The lowest BCUT2D eigenvalue weighted by Crippen LogP contribution is -2.26. The number of anilines is 2. The van der Waals surface area contributed by atoms with Crippen molar-refractivity contribution in [2.75, 3.05) is 18.5 Å². The Hall–Kier alpha value is -4.16. The molecule has 1 heterocycles. The molecule has 0 aliphatic carbocycles. The average molecular weight is 423 g/mol. The number of nitrogens with one attached hydrogen (secondary N) is 2. The Bertz CT molecular complexity index is 1140. The molecule has 156 valence electrons. The van der Waals surface area contributed by atoms with E-state index in [-0.39, 0.29) is 35.6 Å². The Balaban J connectivity index is 1.98. The van der Waals surface area contributed by atoms with Crippen molar-refractivity contribution in [1.29, 1.82) is 0 Å². The van der Waals surface area contributed by atoms with Crippen LogP contribution in [0.2, 0.25) is 0 Å². The van der Waals surface area contributed by atoms with E-state index < -0.39 is 39.8 Å². The van der Waals surface area contributed by atoms with Gasteiger partial charge < -0.3 is 20.5 Å². The summed E-state index contributed by atoms with van der Waals surface area (Å²) < 4.78 is 45.8. The summed E-state index contributed by atoms with van der Waals surface area (Å²) in [6.45, 7) is -0.300. The van der Waals surface area contributed by atoms with Crippen molar-refractivity contribution in [3.8, 4) is 5.75 Å². The van der Waals surface area contributed by atoms with Crippen molar-refractivity contribution in [3.63, 3.8) is 0 Å². The molecule has 0 spiro atoms. The van der Waals surface area contributed by atoms with Crippen LogP contribution >= 0.6 is 0 Å². The molecule has 2 aromatic carbocycles. The van der Waals surface area contributed by atoms with Crippen molar-refractivity contribution >= 4 is 34.2 Å². The first kappa shape index (κ1) is 20.6. The van der Waals surface area contributed by atoms with Crippen LogP contribution in [0.4, 0.5) is 35.2 Å². The highest BCUT2D eigenvalue weighted by Crippen LogP contribution is 2.35. The van der Waals surface area contributed by atoms with Gasteiger partial charge in [0, 0.05) is 12.1 Å². The van der Waals surface area contributed by atoms with E-state index >= 15 is 0 Å². The molecule has 0 aliphatic heterocycles. The molecule has 0 bridgehead atoms. The van der Waals surface area contributed by atoms with E-state index in [4.69, 9.17) is 9.84 Å². The third kappa shape index (κ3) is 4.29. The van der Waals surface area contributed by atoms with E-state index in [2.05, 4.69) is 15.3 Å². The van der Waals surface area contributed by atoms with E-state index in [1.807, 2.05) is 5.32 Å². The Morgan fingerprint density at radius 2 is 1.97 bits per heavy atom. The Labute approximate surface area is 165 Å². The average Bonchev–Trinajstić information content (AvgIpc) is 2.71. The number of amides is 1. The van der Waals surface area contributed by atoms with E-state index in [0.717, 1.165) is 18.5 Å². The molecule has 10 nitrogen and oxygen atoms in total. The van der Waals surface area contributed by atoms with Gasteiger partial charge in [0.05, 0.1) is 28.1 Å². The van der Waals surface area contributed by atoms with E-state index in [0.29, 0.717) is 6.07 Å². The number of nitrogens with zero attached hydrogens (tertiary/aromatic N) is 3. The molecule has 1 aromatic heterocycles. The summed E-state index contributed by atoms with van der Waals surface area (Å²) in [6.07, 6.45) is -0.205. The minimum Gasteiger partial charge on any atom is -0.485 e. The van der Waals surface area contributed by atoms with Crippen LogP contribution < -0.4 is 15.4 Å². The molecule has 3 N–H and O–H groups in total. The first-order chi connectivity index (χ1) is 14.3. The summed E-state index contributed by atoms with van der Waals surface area (Å²) in [4.78, 5) is 29.0. The van der Waals surface area contributed by atoms with Crippen LogP contribution in [-0.2, 0) is 0 Å². The van der Waals surface area contributed by atoms with Crippen molar-refractivity contribution in [2.45, 2.75) is 0 Å². The van der Waals surface area contributed by atoms with Gasteiger partial charge in [-0.25, -0.2) is 27.9 Å². The van der Waals surface area contributed by atoms with Crippen LogP contribution in [0.15, 0.2) is 30.6 Å². The van der Waals surface area contributed by atoms with Crippen LogP contribution in [0.5, 0.6) is 5.75 Å². The monoisotopic (exact) mass is 423 g/mol. The molecule has 0 radical (unpaired) electrons. The molecule has 3 aromatic rings. The second-order valence-corrected chi connectivity index (χ2v) is 5.74. The summed E-state index contributed by atoms with van der Waals surface area (Å²) in [5, 5.41) is 24.5. The highest BCUT2D eigenvalue weighted by atomic mass is 19.2. The molecule has 0 atom stereocenters. The molecule has 0 saturated heterocycles. The minimum absolute atomic E-state index is 0.0874. The molecular formula is C17H12F3N5O5. The SMILES string of the molecule is O=C(O)NCCOc1cc2ncnc(Nc3ccc(F)c(F)c3F)c2cc1[N+](=O)[O-]. The molecule has 13 heteroatoms. The largest absolute Gasteiger partial charge is 0.485 e. The number of nitro groups is 1. The van der Waals surface area contributed by atoms with Crippen molar-refractivity contribution < 1.29 is 32.7 Å². The maximum atomic E-state index is 14.0. The smallest absolute Gasteiger partial charge is 0.404 e. The Kier molecular flexibility index (Phi) is 5.80. The number of carbonyl (C=O) groups is 1. The fourth-order valence-corrected chi connectivity index (χ4v) is 2.50. The molecule has 0 fully saturated rings. The number of nitro benzene ring substituents is 1. The van der Waals surface area contributed by atoms with Gasteiger partial charge in [-0.15, -0.1) is 0 Å². The topological polar surface area (TPSA) is 140 Å². The zero-order valence-electron chi connectivity index (χ0n) is 14.9. The van der Waals surface area contributed by atoms with Gasteiger partial charge in [0.25, 0.3) is 0 Å². The number of aromatic nitrogens is 2. The second-order valence-electron chi connectivity index (χ2n) is 5.74. The number of ether oxygens (including phenoxy) is 1. The summed E-state index contributed by atoms with van der Waals surface area (Å²) in [5.41, 5.74) is -0.750. The van der Waals surface area contributed by atoms with Crippen molar-refractivity contribution in [1.82, 2.24) is 15.3 Å². The molecule has 0 saturated carbocycles. The number of carboxylic acid groups (broad SMARTS) is 1. The molecule has 3 rings (SSSR count). The zero-order valence-corrected chi connectivity index (χ0v) is 14.9. The Morgan fingerprint density at radius 3 is 2.67 bits per heavy atom. The standard InChI is InChI=1S/C17H12F3N5O5/c18-9-1-2-10(15(20)14(9)19)24-16-8-5-12(25(28)29)13(6-11(8)22-7-23-16)30-4-3-21-17(26)27/h1-2,5-7,21H,3-4H2,(H,26,27)(H,22,23,24). The maximum Gasteiger partial charge on any atom is 0.404 e. The van der Waals surface area contributed by atoms with E-state index in [9.17, 15) is 28.1 Å². The first-order valence-corrected chi connectivity index (χ1v) is 8.21. The lowest BCUT2D eigenvalue weighted by molar-refractivity contribution is -0.385. The number of hydrogen-bond donors (Lipinski definition) is 3. The van der Waals surface area contributed by atoms with Crippen LogP contribution in [0.25, 0.3) is 10.9 Å². The van der Waals surface area contributed by atoms with Gasteiger partial charge in [-0.2, -0.15) is 0 Å². The third-order valence-electron chi connectivity index (χ3n) is 3.84. The van der Waals surface area contributed by atoms with E-state index in [1.54, 1.807) is 0 Å². The number of fused-ring (bicyclic) bond motifs is 1. The second kappa shape index (κ2) is 8.46. The van der Waals surface area contributed by atoms with Gasteiger partial charge in [-0.3, -0.25) is 10.1 Å². The van der Waals surface area contributed by atoms with Gasteiger partial charge in [-0.1, -0.05) is 0 Å². The van der Waals surface area contributed by atoms with Crippen LogP contribution in [-0.4, -0.2) is 39.2 Å². The van der Waals surface area contributed by atoms with Gasteiger partial charge >= 0.3 is 11.8 Å². The molecule has 1 amide bonds. The highest BCUT2D eigenvalue weighted by Gasteiger charge is 2.20. The fourth-order valence-electron chi connectivity index (χ4n) is 2.50. The van der Waals surface area contributed by atoms with Gasteiger partial charge in [0.15, 0.2) is 23.2 Å². The van der Waals surface area contributed by atoms with Gasteiger partial charge in [0.1, 0.15) is 18.8 Å². The van der Waals surface area contributed by atoms with Crippen LogP contribution in [0.3, 0.4) is 0 Å². The fraction of sp³-hybridized carbons (Fsp3) is 0.118. The predicted molar refractivity (Wildman–Crippen MR) is 97.3 cm³/mol. The van der Waals surface area contributed by atoms with Crippen molar-refractivity contribution in [3.05, 3.63) is 58.2 Å². The lowest BCUT2D eigenvalue weighted by atomic mass is 10.2. The number of rotatable bonds is 7. The van der Waals surface area contributed by atoms with Crippen molar-refractivity contribution in [2.24, 2.45) is 0 Å². The molecule has 0 aliphatic rings. The summed E-state index contributed by atoms with van der Waals surface area (Å²) in [6, 6.07) is 3.95. The quantitative estimate of drug-likeness (QED) is 0.228. The lowest BCUT2D eigenvalue weighted by Gasteiger charge is -2.12. The molecule has 30 heavy (non-hydrogen) atoms. The normalized spacial score (nSPS) is 10.6. The summed E-state index contributed by atoms with van der Waals surface area (Å²) in [5.74, 6) is -4.81. The summed E-state index contributed by atoms with van der Waals surface area (Å²) in [7, 11) is 0. The number of halogens is 3. The predicted octanol–water partition coefficient (Wildman–Crippen LogP) is 3.35. The first-order valence-electron chi connectivity index (χ1n) is 8.21. The maximum absolute atomic E-state index is 14.0. The Morgan fingerprint density at radius 1 is 1.20 bits per heavy atom. The summed E-state index contributed by atoms with van der Waals surface area (Å²) >= 11 is 0. The highest BCUT2D eigenvalue weighted by molar-refractivity contribution is 5.93. The molecular weight excluding hydrogens is 411 g/mol. The molecule has 0 unspecified atom stereocenters.